The zero-order valence-corrected chi connectivity index (χ0v) is 18.1. The van der Waals surface area contributed by atoms with Gasteiger partial charge in [-0.05, 0) is 60.7 Å². The van der Waals surface area contributed by atoms with E-state index in [1.54, 1.807) is 0 Å². The third-order valence-corrected chi connectivity index (χ3v) is 7.02. The van der Waals surface area contributed by atoms with Gasteiger partial charge in [0.1, 0.15) is 0 Å². The number of fused-ring (bicyclic) bond motifs is 1. The quantitative estimate of drug-likeness (QED) is 0.429. The number of benzene rings is 3. The fraction of sp³-hybridized carbons (Fsp3) is 0. The van der Waals surface area contributed by atoms with Gasteiger partial charge in [0.05, 0.1) is 43.3 Å². The lowest BCUT2D eigenvalue weighted by Gasteiger charge is -2.15. The largest absolute Gasteiger partial charge is 0.478 e. The Bertz CT molecular complexity index is 1540. The molecule has 12 heteroatoms. The lowest BCUT2D eigenvalue weighted by atomic mass is 10.1. The number of hydrogen-bond donors (Lipinski definition) is 3. The van der Waals surface area contributed by atoms with Crippen molar-refractivity contribution in [3.8, 4) is 0 Å². The number of nitrogens with zero attached hydrogens (tertiary/aromatic N) is 1. The predicted molar refractivity (Wildman–Crippen MR) is 117 cm³/mol. The lowest BCUT2D eigenvalue weighted by Crippen LogP contribution is -2.29. The molecule has 3 aromatic carbocycles. The van der Waals surface area contributed by atoms with Crippen molar-refractivity contribution in [2.45, 2.75) is 9.79 Å². The number of aromatic carboxylic acids is 3. The Kier molecular flexibility index (Phi) is 5.45. The summed E-state index contributed by atoms with van der Waals surface area (Å²) in [7, 11) is -4.19. The van der Waals surface area contributed by atoms with Gasteiger partial charge in [0.25, 0.3) is 11.8 Å². The zero-order valence-electron chi connectivity index (χ0n) is 17.3. The molecule has 4 rings (SSSR count). The summed E-state index contributed by atoms with van der Waals surface area (Å²) in [5, 5.41) is 27.5. The van der Waals surface area contributed by atoms with E-state index in [1.165, 1.54) is 0 Å². The van der Waals surface area contributed by atoms with Crippen LogP contribution in [0.5, 0.6) is 0 Å². The Hall–Kier alpha value is -4.84. The first-order chi connectivity index (χ1) is 16.4. The standard InChI is InChI=1S/C23H13NO10S/c25-19-17-6-5-16(35(33,34)15-3-1-11(2-4-15)21(27)28)10-18(17)20(26)24(19)14-8-12(22(29)30)7-13(9-14)23(31)32/h1-10H,(H,27,28)(H,29,30)(H,31,32). The molecule has 0 atom stereocenters. The summed E-state index contributed by atoms with van der Waals surface area (Å²) in [6, 6.07) is 10.4. The third-order valence-electron chi connectivity index (χ3n) is 5.25. The highest BCUT2D eigenvalue weighted by atomic mass is 32.2. The number of carbonyl (C=O) groups excluding carboxylic acids is 2. The van der Waals surface area contributed by atoms with Crippen LogP contribution in [0.1, 0.15) is 51.8 Å². The van der Waals surface area contributed by atoms with Crippen LogP contribution in [-0.4, -0.2) is 53.5 Å². The second kappa shape index (κ2) is 8.18. The molecule has 0 aromatic heterocycles. The van der Waals surface area contributed by atoms with Gasteiger partial charge in [0, 0.05) is 0 Å². The third kappa shape index (κ3) is 3.91. The summed E-state index contributed by atoms with van der Waals surface area (Å²) in [6.07, 6.45) is 0. The van der Waals surface area contributed by atoms with Crippen molar-refractivity contribution in [3.05, 3.63) is 88.5 Å². The van der Waals surface area contributed by atoms with E-state index in [0.717, 1.165) is 60.7 Å². The number of rotatable bonds is 6. The molecule has 1 heterocycles. The summed E-state index contributed by atoms with van der Waals surface area (Å²) in [4.78, 5) is 59.7. The highest BCUT2D eigenvalue weighted by Crippen LogP contribution is 2.32. The minimum Gasteiger partial charge on any atom is -0.478 e. The molecule has 1 aliphatic rings. The molecule has 176 valence electrons. The number of amides is 2. The first-order valence-electron chi connectivity index (χ1n) is 9.65. The summed E-state index contributed by atoms with van der Waals surface area (Å²) >= 11 is 0. The van der Waals surface area contributed by atoms with Gasteiger partial charge in [-0.25, -0.2) is 27.7 Å². The van der Waals surface area contributed by atoms with E-state index in [4.69, 9.17) is 5.11 Å². The molecule has 1 aliphatic heterocycles. The molecule has 0 saturated heterocycles. The van der Waals surface area contributed by atoms with Crippen molar-refractivity contribution in [2.24, 2.45) is 0 Å². The Morgan fingerprint density at radius 1 is 0.600 bits per heavy atom. The van der Waals surface area contributed by atoms with Gasteiger partial charge >= 0.3 is 17.9 Å². The molecule has 2 amide bonds. The van der Waals surface area contributed by atoms with E-state index >= 15 is 0 Å². The first-order valence-corrected chi connectivity index (χ1v) is 11.1. The average Bonchev–Trinajstić information content (AvgIpc) is 3.08. The minimum atomic E-state index is -4.19. The molecular formula is C23H13NO10S. The number of anilines is 1. The Labute approximate surface area is 196 Å². The first kappa shape index (κ1) is 23.3. The van der Waals surface area contributed by atoms with Crippen LogP contribution in [0.3, 0.4) is 0 Å². The smallest absolute Gasteiger partial charge is 0.335 e. The van der Waals surface area contributed by atoms with Crippen molar-refractivity contribution in [1.29, 1.82) is 0 Å². The van der Waals surface area contributed by atoms with Gasteiger partial charge in [-0.1, -0.05) is 0 Å². The number of sulfone groups is 1. The Balaban J connectivity index is 1.77. The van der Waals surface area contributed by atoms with Crippen LogP contribution < -0.4 is 4.90 Å². The van der Waals surface area contributed by atoms with Gasteiger partial charge in [0.15, 0.2) is 0 Å². The molecular weight excluding hydrogens is 482 g/mol. The fourth-order valence-electron chi connectivity index (χ4n) is 3.52. The van der Waals surface area contributed by atoms with E-state index in [9.17, 15) is 42.6 Å². The van der Waals surface area contributed by atoms with E-state index < -0.39 is 50.7 Å². The summed E-state index contributed by atoms with van der Waals surface area (Å²) in [5.74, 6) is -6.06. The summed E-state index contributed by atoms with van der Waals surface area (Å²) in [6.45, 7) is 0. The molecule has 0 spiro atoms. The SMILES string of the molecule is O=C(O)c1ccc(S(=O)(=O)c2ccc3c(c2)C(=O)N(c2cc(C(=O)O)cc(C(=O)O)c2)C3=O)cc1. The number of imide groups is 1. The maximum absolute atomic E-state index is 13.1. The topological polar surface area (TPSA) is 183 Å². The van der Waals surface area contributed by atoms with E-state index in [-0.39, 0.29) is 32.2 Å². The second-order valence-electron chi connectivity index (χ2n) is 7.36. The monoisotopic (exact) mass is 495 g/mol. The molecule has 3 aromatic rings. The number of carbonyl (C=O) groups is 5. The normalized spacial score (nSPS) is 13.0. The van der Waals surface area contributed by atoms with Crippen LogP contribution in [-0.2, 0) is 9.84 Å². The van der Waals surface area contributed by atoms with Crippen LogP contribution in [0, 0.1) is 0 Å². The molecule has 11 nitrogen and oxygen atoms in total. The van der Waals surface area contributed by atoms with E-state index in [2.05, 4.69) is 0 Å². The van der Waals surface area contributed by atoms with Gasteiger partial charge in [-0.2, -0.15) is 0 Å². The molecule has 35 heavy (non-hydrogen) atoms. The van der Waals surface area contributed by atoms with Crippen LogP contribution >= 0.6 is 0 Å². The summed E-state index contributed by atoms with van der Waals surface area (Å²) in [5.41, 5.74) is -1.81. The summed E-state index contributed by atoms with van der Waals surface area (Å²) < 4.78 is 26.0. The maximum atomic E-state index is 13.1. The van der Waals surface area contributed by atoms with Crippen LogP contribution in [0.25, 0.3) is 0 Å². The van der Waals surface area contributed by atoms with Crippen molar-refractivity contribution < 1.29 is 47.7 Å². The van der Waals surface area contributed by atoms with Crippen molar-refractivity contribution in [3.63, 3.8) is 0 Å². The second-order valence-corrected chi connectivity index (χ2v) is 9.31. The van der Waals surface area contributed by atoms with Gasteiger partial charge < -0.3 is 15.3 Å². The Morgan fingerprint density at radius 3 is 1.60 bits per heavy atom. The lowest BCUT2D eigenvalue weighted by molar-refractivity contribution is 0.0682. The molecule has 0 unspecified atom stereocenters. The maximum Gasteiger partial charge on any atom is 0.335 e. The predicted octanol–water partition coefficient (Wildman–Crippen LogP) is 2.41. The van der Waals surface area contributed by atoms with E-state index in [1.807, 2.05) is 0 Å². The van der Waals surface area contributed by atoms with Gasteiger partial charge in [-0.3, -0.25) is 9.59 Å². The average molecular weight is 495 g/mol. The highest BCUT2D eigenvalue weighted by Gasteiger charge is 2.38. The molecule has 0 radical (unpaired) electrons. The van der Waals surface area contributed by atoms with Gasteiger partial charge in [0.2, 0.25) is 9.84 Å². The molecule has 0 fully saturated rings. The van der Waals surface area contributed by atoms with Crippen molar-refractivity contribution >= 4 is 45.2 Å². The van der Waals surface area contributed by atoms with Crippen LogP contribution in [0.2, 0.25) is 0 Å². The molecule has 0 saturated carbocycles. The fourth-order valence-corrected chi connectivity index (χ4v) is 4.81. The number of carboxylic acids is 3. The van der Waals surface area contributed by atoms with Crippen molar-refractivity contribution in [2.75, 3.05) is 4.90 Å². The zero-order chi connectivity index (χ0) is 25.7. The number of carboxylic acid groups (broad SMARTS) is 3. The van der Waals surface area contributed by atoms with Crippen LogP contribution in [0.4, 0.5) is 5.69 Å². The highest BCUT2D eigenvalue weighted by molar-refractivity contribution is 7.91. The molecule has 3 N–H and O–H groups in total. The molecule has 0 aliphatic carbocycles. The van der Waals surface area contributed by atoms with Crippen LogP contribution in [0.15, 0.2) is 70.5 Å². The Morgan fingerprint density at radius 2 is 1.09 bits per heavy atom. The van der Waals surface area contributed by atoms with Gasteiger partial charge in [-0.15, -0.1) is 0 Å². The molecule has 0 bridgehead atoms. The van der Waals surface area contributed by atoms with Crippen molar-refractivity contribution in [1.82, 2.24) is 0 Å². The number of hydrogen-bond acceptors (Lipinski definition) is 7. The minimum absolute atomic E-state index is 0.126. The van der Waals surface area contributed by atoms with E-state index in [0.29, 0.717) is 4.90 Å².